The Morgan fingerprint density at radius 1 is 0.500 bits per heavy atom. The highest BCUT2D eigenvalue weighted by Crippen LogP contribution is 2.48. The molecule has 0 amide bonds. The van der Waals surface area contributed by atoms with Crippen LogP contribution in [-0.2, 0) is 0 Å². The molecule has 2 aliphatic rings. The number of rotatable bonds is 1. The summed E-state index contributed by atoms with van der Waals surface area (Å²) in [4.78, 5) is 4.60. The minimum Gasteiger partial charge on any atom is -0.354 e. The molecule has 3 heteroatoms. The Morgan fingerprint density at radius 3 is 1.78 bits per heavy atom. The molecule has 5 aromatic rings. The van der Waals surface area contributed by atoms with Crippen molar-refractivity contribution in [1.82, 2.24) is 4.98 Å². The van der Waals surface area contributed by atoms with Gasteiger partial charge in [0.15, 0.2) is 0 Å². The van der Waals surface area contributed by atoms with Gasteiger partial charge >= 0.3 is 0 Å². The first-order chi connectivity index (χ1) is 15.9. The molecular weight excluding hydrogens is 404 g/mol. The number of hydrogen-bond acceptors (Lipinski definition) is 2. The van der Waals surface area contributed by atoms with Gasteiger partial charge in [-0.15, -0.1) is 0 Å². The van der Waals surface area contributed by atoms with E-state index in [1.807, 2.05) is 6.20 Å². The normalized spacial score (nSPS) is 17.4. The third kappa shape index (κ3) is 2.11. The van der Waals surface area contributed by atoms with Gasteiger partial charge in [-0.1, -0.05) is 97.1 Å². The number of anilines is 2. The van der Waals surface area contributed by atoms with Gasteiger partial charge < -0.3 is 4.57 Å². The topological polar surface area (TPSA) is 16.1 Å². The lowest BCUT2D eigenvalue weighted by Gasteiger charge is -2.52. The van der Waals surface area contributed by atoms with Crippen LogP contribution in [0.1, 0.15) is 0 Å². The van der Waals surface area contributed by atoms with Gasteiger partial charge in [0.1, 0.15) is 0 Å². The predicted octanol–water partition coefficient (Wildman–Crippen LogP) is 4.85. The van der Waals surface area contributed by atoms with Gasteiger partial charge in [0.25, 0.3) is 8.24 Å². The zero-order valence-corrected chi connectivity index (χ0v) is 18.4. The first kappa shape index (κ1) is 17.7. The standard InChI is InChI=1S/C29H20N2Si/c1-2-10-21(11-3-1)32-28-16-8-5-13-24(28)22-12-4-7-15-26(22)31(32)27-20-30-19-18-23(27)25-14-6-9-17-29(25)32/h1-20H. The zero-order valence-electron chi connectivity index (χ0n) is 17.4. The van der Waals surface area contributed by atoms with Crippen molar-refractivity contribution in [3.05, 3.63) is 122 Å². The van der Waals surface area contributed by atoms with E-state index in [1.165, 1.54) is 49.2 Å². The van der Waals surface area contributed by atoms with Crippen molar-refractivity contribution < 1.29 is 0 Å². The fourth-order valence-electron chi connectivity index (χ4n) is 5.75. The largest absolute Gasteiger partial charge is 0.354 e. The van der Waals surface area contributed by atoms with Crippen LogP contribution in [0.25, 0.3) is 22.3 Å². The first-order valence-corrected chi connectivity index (χ1v) is 12.9. The van der Waals surface area contributed by atoms with Crippen LogP contribution < -0.4 is 20.1 Å². The maximum absolute atomic E-state index is 4.60. The second-order valence-electron chi connectivity index (χ2n) is 8.41. The van der Waals surface area contributed by atoms with E-state index < -0.39 is 8.24 Å². The molecule has 2 nitrogen and oxygen atoms in total. The molecule has 0 saturated carbocycles. The summed E-state index contributed by atoms with van der Waals surface area (Å²) in [5, 5.41) is 4.27. The first-order valence-electron chi connectivity index (χ1n) is 11.0. The number of pyridine rings is 1. The number of hydrogen-bond donors (Lipinski definition) is 0. The summed E-state index contributed by atoms with van der Waals surface area (Å²) in [6.07, 6.45) is 3.97. The summed E-state index contributed by atoms with van der Waals surface area (Å²) in [5.41, 5.74) is 7.68. The smallest absolute Gasteiger partial charge is 0.258 e. The highest BCUT2D eigenvalue weighted by molar-refractivity contribution is 7.16. The highest BCUT2D eigenvalue weighted by atomic mass is 28.3. The van der Waals surface area contributed by atoms with Crippen molar-refractivity contribution in [2.45, 2.75) is 0 Å². The molecule has 0 saturated heterocycles. The van der Waals surface area contributed by atoms with E-state index in [4.69, 9.17) is 0 Å². The third-order valence-corrected chi connectivity index (χ3v) is 11.7. The molecule has 1 aromatic heterocycles. The van der Waals surface area contributed by atoms with Crippen LogP contribution in [-0.4, -0.2) is 13.2 Å². The van der Waals surface area contributed by atoms with Crippen molar-refractivity contribution >= 4 is 35.2 Å². The van der Waals surface area contributed by atoms with E-state index in [0.717, 1.165) is 0 Å². The molecule has 2 aliphatic heterocycles. The average Bonchev–Trinajstić information content (AvgIpc) is 2.89. The van der Waals surface area contributed by atoms with Crippen LogP contribution in [0.4, 0.5) is 11.4 Å². The molecule has 4 aromatic carbocycles. The maximum atomic E-state index is 4.60. The Balaban J connectivity index is 1.75. The summed E-state index contributed by atoms with van der Waals surface area (Å²) >= 11 is 0. The van der Waals surface area contributed by atoms with Crippen LogP contribution >= 0.6 is 0 Å². The molecule has 32 heavy (non-hydrogen) atoms. The van der Waals surface area contributed by atoms with E-state index in [-0.39, 0.29) is 0 Å². The molecule has 0 aliphatic carbocycles. The van der Waals surface area contributed by atoms with Crippen molar-refractivity contribution in [2.24, 2.45) is 0 Å². The third-order valence-electron chi connectivity index (χ3n) is 6.93. The van der Waals surface area contributed by atoms with Crippen LogP contribution in [0.5, 0.6) is 0 Å². The molecule has 0 bridgehead atoms. The van der Waals surface area contributed by atoms with Gasteiger partial charge in [0.2, 0.25) is 0 Å². The Morgan fingerprint density at radius 2 is 1.06 bits per heavy atom. The van der Waals surface area contributed by atoms with Crippen molar-refractivity contribution in [3.63, 3.8) is 0 Å². The number of para-hydroxylation sites is 1. The predicted molar refractivity (Wildman–Crippen MR) is 135 cm³/mol. The molecule has 150 valence electrons. The number of aromatic nitrogens is 1. The number of nitrogens with zero attached hydrogens (tertiary/aromatic N) is 2. The minimum atomic E-state index is -2.63. The quantitative estimate of drug-likeness (QED) is 0.358. The van der Waals surface area contributed by atoms with E-state index in [1.54, 1.807) is 0 Å². The Kier molecular flexibility index (Phi) is 3.61. The van der Waals surface area contributed by atoms with Crippen molar-refractivity contribution in [1.29, 1.82) is 0 Å². The van der Waals surface area contributed by atoms with Crippen LogP contribution in [0.3, 0.4) is 0 Å². The summed E-state index contributed by atoms with van der Waals surface area (Å²) in [6, 6.07) is 40.2. The Labute approximate surface area is 188 Å². The van der Waals surface area contributed by atoms with Gasteiger partial charge in [-0.3, -0.25) is 4.98 Å². The fraction of sp³-hybridized carbons (Fsp3) is 0. The van der Waals surface area contributed by atoms with Crippen LogP contribution in [0.15, 0.2) is 122 Å². The molecule has 0 radical (unpaired) electrons. The van der Waals surface area contributed by atoms with Gasteiger partial charge in [-0.25, -0.2) is 0 Å². The number of fused-ring (bicyclic) bond motifs is 11. The lowest BCUT2D eigenvalue weighted by molar-refractivity contribution is 1.25. The summed E-state index contributed by atoms with van der Waals surface area (Å²) < 4.78 is 2.66. The van der Waals surface area contributed by atoms with Crippen LogP contribution in [0.2, 0.25) is 0 Å². The number of benzene rings is 4. The van der Waals surface area contributed by atoms with Crippen molar-refractivity contribution in [3.8, 4) is 22.3 Å². The maximum Gasteiger partial charge on any atom is 0.258 e. The van der Waals surface area contributed by atoms with Gasteiger partial charge in [-0.05, 0) is 38.8 Å². The van der Waals surface area contributed by atoms with Gasteiger partial charge in [0, 0.05) is 23.0 Å². The molecule has 0 fully saturated rings. The molecule has 7 rings (SSSR count). The Hall–Kier alpha value is -3.95. The fourth-order valence-corrected chi connectivity index (χ4v) is 11.1. The van der Waals surface area contributed by atoms with E-state index in [2.05, 4.69) is 125 Å². The van der Waals surface area contributed by atoms with E-state index in [0.29, 0.717) is 0 Å². The minimum absolute atomic E-state index is 1.20. The lowest BCUT2D eigenvalue weighted by Crippen LogP contribution is -2.79. The van der Waals surface area contributed by atoms with Gasteiger partial charge in [-0.2, -0.15) is 0 Å². The molecule has 1 unspecified atom stereocenters. The zero-order chi connectivity index (χ0) is 21.1. The molecule has 0 spiro atoms. The summed E-state index contributed by atoms with van der Waals surface area (Å²) in [5.74, 6) is 0. The highest BCUT2D eigenvalue weighted by Gasteiger charge is 2.54. The van der Waals surface area contributed by atoms with E-state index in [9.17, 15) is 0 Å². The average molecular weight is 425 g/mol. The van der Waals surface area contributed by atoms with Gasteiger partial charge in [0.05, 0.1) is 11.9 Å². The monoisotopic (exact) mass is 424 g/mol. The summed E-state index contributed by atoms with van der Waals surface area (Å²) in [7, 11) is -2.63. The molecule has 3 heterocycles. The SMILES string of the molecule is c1ccc([Si]23c4ccccc4-c4ccccc4N2c2cnccc2-c2ccccc23)cc1. The lowest BCUT2D eigenvalue weighted by atomic mass is 10.0. The van der Waals surface area contributed by atoms with Crippen molar-refractivity contribution in [2.75, 3.05) is 4.57 Å². The Bertz CT molecular complexity index is 1400. The molecular formula is C29H20N2Si. The second-order valence-corrected chi connectivity index (χ2v) is 11.9. The molecule has 1 atom stereocenters. The molecule has 0 N–H and O–H groups in total. The summed E-state index contributed by atoms with van der Waals surface area (Å²) in [6.45, 7) is 0. The second kappa shape index (κ2) is 6.52. The van der Waals surface area contributed by atoms with Crippen LogP contribution in [0, 0.1) is 0 Å². The van der Waals surface area contributed by atoms with E-state index >= 15 is 0 Å².